The molecule has 2 rings (SSSR count). The van der Waals surface area contributed by atoms with Gasteiger partial charge in [0.15, 0.2) is 5.69 Å². The van der Waals surface area contributed by atoms with Crippen LogP contribution in [0.1, 0.15) is 10.5 Å². The lowest BCUT2D eigenvalue weighted by Gasteiger charge is -2.07. The Morgan fingerprint density at radius 3 is 2.74 bits per heavy atom. The summed E-state index contributed by atoms with van der Waals surface area (Å²) >= 11 is 9.39. The van der Waals surface area contributed by atoms with Crippen molar-refractivity contribution in [2.45, 2.75) is 0 Å². The second kappa shape index (κ2) is 5.99. The Bertz CT molecular complexity index is 604. The number of benzene rings is 1. The minimum absolute atomic E-state index is 0.148. The highest BCUT2D eigenvalue weighted by Gasteiger charge is 2.08. The van der Waals surface area contributed by atoms with E-state index in [0.29, 0.717) is 16.5 Å². The van der Waals surface area contributed by atoms with Crippen LogP contribution in [0.4, 0.5) is 11.5 Å². The zero-order valence-corrected chi connectivity index (χ0v) is 12.2. The maximum atomic E-state index is 11.2. The highest BCUT2D eigenvalue weighted by molar-refractivity contribution is 9.10. The van der Waals surface area contributed by atoms with Gasteiger partial charge in [-0.1, -0.05) is 27.5 Å². The van der Waals surface area contributed by atoms with Crippen molar-refractivity contribution in [3.63, 3.8) is 0 Å². The zero-order valence-electron chi connectivity index (χ0n) is 9.85. The predicted octanol–water partition coefficient (Wildman–Crippen LogP) is 3.42. The molecule has 0 aliphatic rings. The molecule has 0 radical (unpaired) electrons. The summed E-state index contributed by atoms with van der Waals surface area (Å²) in [6, 6.07) is 5.42. The Kier molecular flexibility index (Phi) is 4.34. The summed E-state index contributed by atoms with van der Waals surface area (Å²) in [7, 11) is 1.29. The Balaban J connectivity index is 2.17. The average molecular weight is 343 g/mol. The van der Waals surface area contributed by atoms with Crippen LogP contribution < -0.4 is 5.32 Å². The largest absolute Gasteiger partial charge is 0.464 e. The predicted molar refractivity (Wildman–Crippen MR) is 75.8 cm³/mol. The molecular weight excluding hydrogens is 334 g/mol. The van der Waals surface area contributed by atoms with Gasteiger partial charge in [0.1, 0.15) is 5.82 Å². The lowest BCUT2D eigenvalue weighted by atomic mass is 10.3. The van der Waals surface area contributed by atoms with Crippen LogP contribution in [0.25, 0.3) is 0 Å². The van der Waals surface area contributed by atoms with Gasteiger partial charge < -0.3 is 10.1 Å². The molecule has 0 bridgehead atoms. The fourth-order valence-corrected chi connectivity index (χ4v) is 2.05. The molecule has 7 heteroatoms. The molecule has 0 spiro atoms. The second-order valence-electron chi connectivity index (χ2n) is 3.53. The van der Waals surface area contributed by atoms with E-state index in [4.69, 9.17) is 11.6 Å². The second-order valence-corrected chi connectivity index (χ2v) is 4.85. The first-order valence-corrected chi connectivity index (χ1v) is 6.39. The number of methoxy groups -OCH3 is 1. The van der Waals surface area contributed by atoms with Crippen LogP contribution in [0.5, 0.6) is 0 Å². The van der Waals surface area contributed by atoms with Gasteiger partial charge in [0.2, 0.25) is 0 Å². The van der Waals surface area contributed by atoms with Gasteiger partial charge in [-0.3, -0.25) is 0 Å². The number of nitrogens with one attached hydrogen (secondary N) is 1. The average Bonchev–Trinajstić information content (AvgIpc) is 2.42. The summed E-state index contributed by atoms with van der Waals surface area (Å²) < 4.78 is 5.42. The number of hydrogen-bond acceptors (Lipinski definition) is 5. The van der Waals surface area contributed by atoms with Crippen LogP contribution in [-0.4, -0.2) is 23.0 Å². The number of hydrogen-bond donors (Lipinski definition) is 1. The van der Waals surface area contributed by atoms with Crippen molar-refractivity contribution < 1.29 is 9.53 Å². The van der Waals surface area contributed by atoms with Crippen molar-refractivity contribution in [1.29, 1.82) is 0 Å². The number of esters is 1. The van der Waals surface area contributed by atoms with Crippen molar-refractivity contribution >= 4 is 45.0 Å². The zero-order chi connectivity index (χ0) is 13.8. The molecule has 0 saturated heterocycles. The van der Waals surface area contributed by atoms with E-state index in [1.165, 1.54) is 19.5 Å². The standard InChI is InChI=1S/C12H9BrClN3O2/c1-19-12(18)10-5-16-11(6-15-10)17-9-3-2-7(13)4-8(9)14/h2-6H,1H3,(H,16,17). The van der Waals surface area contributed by atoms with Crippen molar-refractivity contribution in [2.24, 2.45) is 0 Å². The quantitative estimate of drug-likeness (QED) is 0.866. The lowest BCUT2D eigenvalue weighted by molar-refractivity contribution is 0.0593. The molecule has 1 heterocycles. The SMILES string of the molecule is COC(=O)c1cnc(Nc2ccc(Br)cc2Cl)cn1. The molecule has 1 N–H and O–H groups in total. The highest BCUT2D eigenvalue weighted by Crippen LogP contribution is 2.27. The van der Waals surface area contributed by atoms with E-state index in [9.17, 15) is 4.79 Å². The maximum absolute atomic E-state index is 11.2. The molecule has 0 unspecified atom stereocenters. The fraction of sp³-hybridized carbons (Fsp3) is 0.0833. The van der Waals surface area contributed by atoms with Gasteiger partial charge in [-0.25, -0.2) is 14.8 Å². The summed E-state index contributed by atoms with van der Waals surface area (Å²) in [6.45, 7) is 0. The summed E-state index contributed by atoms with van der Waals surface area (Å²) in [5, 5.41) is 3.55. The number of rotatable bonds is 3. The summed E-state index contributed by atoms with van der Waals surface area (Å²) in [6.07, 6.45) is 2.77. The molecule has 19 heavy (non-hydrogen) atoms. The van der Waals surface area contributed by atoms with Gasteiger partial charge >= 0.3 is 5.97 Å². The monoisotopic (exact) mass is 341 g/mol. The van der Waals surface area contributed by atoms with E-state index < -0.39 is 5.97 Å². The number of anilines is 2. The highest BCUT2D eigenvalue weighted by atomic mass is 79.9. The summed E-state index contributed by atoms with van der Waals surface area (Å²) in [4.78, 5) is 19.2. The number of halogens is 2. The van der Waals surface area contributed by atoms with Gasteiger partial charge in [0.05, 0.1) is 30.2 Å². The number of aromatic nitrogens is 2. The topological polar surface area (TPSA) is 64.1 Å². The van der Waals surface area contributed by atoms with E-state index in [2.05, 4.69) is 36.0 Å². The summed E-state index contributed by atoms with van der Waals surface area (Å²) in [5.74, 6) is -0.0439. The third-order valence-corrected chi connectivity index (χ3v) is 3.05. The van der Waals surface area contributed by atoms with Gasteiger partial charge in [0.25, 0.3) is 0 Å². The molecular formula is C12H9BrClN3O2. The summed E-state index contributed by atoms with van der Waals surface area (Å²) in [5.41, 5.74) is 0.847. The Morgan fingerprint density at radius 2 is 2.16 bits per heavy atom. The molecule has 0 fully saturated rings. The third-order valence-electron chi connectivity index (χ3n) is 2.24. The first kappa shape index (κ1) is 13.8. The van der Waals surface area contributed by atoms with Gasteiger partial charge in [-0.2, -0.15) is 0 Å². The van der Waals surface area contributed by atoms with Crippen molar-refractivity contribution in [2.75, 3.05) is 12.4 Å². The van der Waals surface area contributed by atoms with Gasteiger partial charge in [0, 0.05) is 4.47 Å². The molecule has 5 nitrogen and oxygen atoms in total. The van der Waals surface area contributed by atoms with Crippen LogP contribution in [-0.2, 0) is 4.74 Å². The fourth-order valence-electron chi connectivity index (χ4n) is 1.33. The third kappa shape index (κ3) is 3.42. The first-order valence-electron chi connectivity index (χ1n) is 5.22. The minimum atomic E-state index is -0.527. The number of carbonyl (C=O) groups is 1. The number of carbonyl (C=O) groups excluding carboxylic acids is 1. The van der Waals surface area contributed by atoms with Crippen LogP contribution in [0.3, 0.4) is 0 Å². The minimum Gasteiger partial charge on any atom is -0.464 e. The van der Waals surface area contributed by atoms with E-state index in [1.807, 2.05) is 12.1 Å². The van der Waals surface area contributed by atoms with E-state index >= 15 is 0 Å². The molecule has 0 amide bonds. The molecule has 2 aromatic rings. The normalized spacial score (nSPS) is 10.1. The number of nitrogens with zero attached hydrogens (tertiary/aromatic N) is 2. The lowest BCUT2D eigenvalue weighted by Crippen LogP contribution is -2.05. The smallest absolute Gasteiger partial charge is 0.358 e. The molecule has 1 aromatic heterocycles. The molecule has 98 valence electrons. The Hall–Kier alpha value is -1.66. The van der Waals surface area contributed by atoms with Crippen LogP contribution in [0, 0.1) is 0 Å². The Labute approximate surface area is 123 Å². The van der Waals surface area contributed by atoms with Gasteiger partial charge in [-0.15, -0.1) is 0 Å². The van der Waals surface area contributed by atoms with Crippen molar-refractivity contribution in [3.05, 3.63) is 45.8 Å². The molecule has 0 saturated carbocycles. The van der Waals surface area contributed by atoms with E-state index in [1.54, 1.807) is 6.07 Å². The van der Waals surface area contributed by atoms with Crippen molar-refractivity contribution in [3.8, 4) is 0 Å². The Morgan fingerprint density at radius 1 is 1.37 bits per heavy atom. The molecule has 0 aliphatic heterocycles. The van der Waals surface area contributed by atoms with E-state index in [-0.39, 0.29) is 5.69 Å². The van der Waals surface area contributed by atoms with Crippen LogP contribution >= 0.6 is 27.5 Å². The van der Waals surface area contributed by atoms with Gasteiger partial charge in [-0.05, 0) is 18.2 Å². The maximum Gasteiger partial charge on any atom is 0.358 e. The van der Waals surface area contributed by atoms with Crippen LogP contribution in [0.2, 0.25) is 5.02 Å². The molecule has 0 atom stereocenters. The van der Waals surface area contributed by atoms with Crippen molar-refractivity contribution in [1.82, 2.24) is 9.97 Å². The number of ether oxygens (including phenoxy) is 1. The molecule has 1 aromatic carbocycles. The van der Waals surface area contributed by atoms with E-state index in [0.717, 1.165) is 4.47 Å². The first-order chi connectivity index (χ1) is 9.10. The molecule has 0 aliphatic carbocycles. The van der Waals surface area contributed by atoms with Crippen LogP contribution in [0.15, 0.2) is 35.1 Å².